The molecule has 1 aromatic carbocycles. The van der Waals surface area contributed by atoms with E-state index >= 15 is 0 Å². The summed E-state index contributed by atoms with van der Waals surface area (Å²) in [6, 6.07) is 3.74. The van der Waals surface area contributed by atoms with E-state index in [-0.39, 0.29) is 0 Å². The van der Waals surface area contributed by atoms with Crippen molar-refractivity contribution in [3.63, 3.8) is 0 Å². The Bertz CT molecular complexity index is 863. The average Bonchev–Trinajstić information content (AvgIpc) is 2.80. The van der Waals surface area contributed by atoms with E-state index in [9.17, 15) is 0 Å². The molecule has 0 aliphatic heterocycles. The standard InChI is InChI=1S/C22H29N3O4.C2H6/c1-5-7-8-9-17(6-2)25-22-18-14-20(28-12-10-26-3)21(29-13-11-27-4)15-19(18)23-16-24-22;1-2/h5-9,14-16H,10-13H2,1-4H3,(H,23,24,25);1-2H3/b7-5-,9-8-,17-6+;. The van der Waals surface area contributed by atoms with Crippen LogP contribution in [0.5, 0.6) is 11.5 Å². The van der Waals surface area contributed by atoms with E-state index in [1.807, 2.05) is 70.2 Å². The van der Waals surface area contributed by atoms with E-state index in [0.717, 1.165) is 16.6 Å². The van der Waals surface area contributed by atoms with Gasteiger partial charge in [0.1, 0.15) is 25.4 Å². The van der Waals surface area contributed by atoms with Crippen LogP contribution in [-0.2, 0) is 9.47 Å². The van der Waals surface area contributed by atoms with Crippen LogP contribution in [-0.4, -0.2) is 50.6 Å². The molecule has 0 aliphatic rings. The number of aromatic nitrogens is 2. The zero-order chi connectivity index (χ0) is 22.9. The molecular formula is C24H35N3O4. The quantitative estimate of drug-likeness (QED) is 0.369. The first kappa shape index (κ1) is 26.1. The lowest BCUT2D eigenvalue weighted by Gasteiger charge is -2.15. The third kappa shape index (κ3) is 8.78. The molecular weight excluding hydrogens is 394 g/mol. The van der Waals surface area contributed by atoms with Gasteiger partial charge in [-0.1, -0.05) is 38.2 Å². The Labute approximate surface area is 185 Å². The van der Waals surface area contributed by atoms with Crippen LogP contribution in [0.3, 0.4) is 0 Å². The summed E-state index contributed by atoms with van der Waals surface area (Å²) in [5.74, 6) is 1.90. The number of allylic oxidation sites excluding steroid dienone is 5. The smallest absolute Gasteiger partial charge is 0.163 e. The Morgan fingerprint density at radius 2 is 1.55 bits per heavy atom. The van der Waals surface area contributed by atoms with Crippen molar-refractivity contribution >= 4 is 16.7 Å². The van der Waals surface area contributed by atoms with Crippen LogP contribution in [0.1, 0.15) is 27.7 Å². The fourth-order valence-electron chi connectivity index (χ4n) is 2.48. The van der Waals surface area contributed by atoms with Crippen molar-refractivity contribution in [2.45, 2.75) is 27.7 Å². The summed E-state index contributed by atoms with van der Waals surface area (Å²) in [5.41, 5.74) is 1.67. The molecule has 0 radical (unpaired) electrons. The first-order valence-corrected chi connectivity index (χ1v) is 10.5. The highest BCUT2D eigenvalue weighted by Crippen LogP contribution is 2.34. The van der Waals surface area contributed by atoms with Crippen molar-refractivity contribution in [3.05, 3.63) is 54.5 Å². The van der Waals surface area contributed by atoms with Crippen LogP contribution in [0.25, 0.3) is 10.9 Å². The van der Waals surface area contributed by atoms with Gasteiger partial charge in [0.25, 0.3) is 0 Å². The number of rotatable bonds is 12. The lowest BCUT2D eigenvalue weighted by molar-refractivity contribution is 0.132. The molecule has 0 spiro atoms. The Kier molecular flexibility index (Phi) is 13.4. The number of fused-ring (bicyclic) bond motifs is 1. The molecule has 2 rings (SSSR count). The van der Waals surface area contributed by atoms with Crippen LogP contribution in [0.2, 0.25) is 0 Å². The first-order chi connectivity index (χ1) is 15.2. The summed E-state index contributed by atoms with van der Waals surface area (Å²) >= 11 is 0. The number of benzene rings is 1. The van der Waals surface area contributed by atoms with Gasteiger partial charge < -0.3 is 24.3 Å². The number of anilines is 1. The second kappa shape index (κ2) is 15.9. The summed E-state index contributed by atoms with van der Waals surface area (Å²) < 4.78 is 21.8. The highest BCUT2D eigenvalue weighted by atomic mass is 16.5. The third-order valence-corrected chi connectivity index (χ3v) is 3.94. The number of methoxy groups -OCH3 is 2. The van der Waals surface area contributed by atoms with Crippen molar-refractivity contribution in [1.29, 1.82) is 0 Å². The molecule has 7 heteroatoms. The van der Waals surface area contributed by atoms with Gasteiger partial charge in [0, 0.05) is 31.4 Å². The Hall–Kier alpha value is -2.90. The summed E-state index contributed by atoms with van der Waals surface area (Å²) in [6.45, 7) is 9.72. The van der Waals surface area contributed by atoms with Gasteiger partial charge in [-0.15, -0.1) is 0 Å². The van der Waals surface area contributed by atoms with Crippen molar-refractivity contribution in [2.24, 2.45) is 0 Å². The Morgan fingerprint density at radius 1 is 0.903 bits per heavy atom. The molecule has 7 nitrogen and oxygen atoms in total. The number of nitrogens with zero attached hydrogens (tertiary/aromatic N) is 2. The first-order valence-electron chi connectivity index (χ1n) is 10.5. The molecule has 0 saturated carbocycles. The van der Waals surface area contributed by atoms with Crippen LogP contribution in [0.15, 0.2) is 54.5 Å². The van der Waals surface area contributed by atoms with E-state index in [1.165, 1.54) is 6.33 Å². The minimum atomic E-state index is 0.408. The molecule has 0 aliphatic carbocycles. The van der Waals surface area contributed by atoms with Gasteiger partial charge in [0.05, 0.1) is 18.7 Å². The molecule has 0 saturated heterocycles. The normalized spacial score (nSPS) is 11.6. The molecule has 0 bridgehead atoms. The average molecular weight is 430 g/mol. The van der Waals surface area contributed by atoms with Crippen molar-refractivity contribution in [1.82, 2.24) is 9.97 Å². The van der Waals surface area contributed by atoms with E-state index < -0.39 is 0 Å². The van der Waals surface area contributed by atoms with Crippen molar-refractivity contribution in [3.8, 4) is 11.5 Å². The maximum atomic E-state index is 5.87. The maximum absolute atomic E-state index is 5.87. The van der Waals surface area contributed by atoms with E-state index in [4.69, 9.17) is 18.9 Å². The zero-order valence-electron chi connectivity index (χ0n) is 19.5. The van der Waals surface area contributed by atoms with E-state index in [1.54, 1.807) is 14.2 Å². The molecule has 170 valence electrons. The fraction of sp³-hybridized carbons (Fsp3) is 0.417. The highest BCUT2D eigenvalue weighted by molar-refractivity contribution is 5.92. The Balaban J connectivity index is 0.00000233. The summed E-state index contributed by atoms with van der Waals surface area (Å²) in [5, 5.41) is 4.18. The van der Waals surface area contributed by atoms with Gasteiger partial charge in [-0.3, -0.25) is 0 Å². The third-order valence-electron chi connectivity index (χ3n) is 3.94. The molecule has 0 fully saturated rings. The predicted molar refractivity (Wildman–Crippen MR) is 127 cm³/mol. The van der Waals surface area contributed by atoms with Crippen LogP contribution >= 0.6 is 0 Å². The minimum absolute atomic E-state index is 0.408. The van der Waals surface area contributed by atoms with Crippen LogP contribution in [0, 0.1) is 0 Å². The summed E-state index contributed by atoms with van der Waals surface area (Å²) in [4.78, 5) is 8.80. The van der Waals surface area contributed by atoms with Crippen molar-refractivity contribution in [2.75, 3.05) is 46.0 Å². The minimum Gasteiger partial charge on any atom is -0.487 e. The molecule has 1 heterocycles. The van der Waals surface area contributed by atoms with Gasteiger partial charge in [-0.05, 0) is 26.0 Å². The van der Waals surface area contributed by atoms with Crippen LogP contribution < -0.4 is 14.8 Å². The second-order valence-electron chi connectivity index (χ2n) is 5.97. The van der Waals surface area contributed by atoms with Gasteiger partial charge in [-0.25, -0.2) is 9.97 Å². The predicted octanol–water partition coefficient (Wildman–Crippen LogP) is 5.15. The SMILES string of the molecule is CC.C\C=C/C=C\C(=C/C)Nc1ncnc2cc(OCCOC)c(OCCOC)cc12. The number of hydrogen-bond acceptors (Lipinski definition) is 7. The van der Waals surface area contributed by atoms with E-state index in [0.29, 0.717) is 43.7 Å². The summed E-state index contributed by atoms with van der Waals surface area (Å²) in [6.07, 6.45) is 11.4. The highest BCUT2D eigenvalue weighted by Gasteiger charge is 2.13. The molecule has 0 atom stereocenters. The largest absolute Gasteiger partial charge is 0.487 e. The molecule has 2 aromatic rings. The molecule has 1 aromatic heterocycles. The topological polar surface area (TPSA) is 74.7 Å². The van der Waals surface area contributed by atoms with Crippen molar-refractivity contribution < 1.29 is 18.9 Å². The number of ether oxygens (including phenoxy) is 4. The number of hydrogen-bond donors (Lipinski definition) is 1. The van der Waals surface area contributed by atoms with Crippen LogP contribution in [0.4, 0.5) is 5.82 Å². The molecule has 0 unspecified atom stereocenters. The molecule has 1 N–H and O–H groups in total. The summed E-state index contributed by atoms with van der Waals surface area (Å²) in [7, 11) is 3.27. The molecule has 31 heavy (non-hydrogen) atoms. The van der Waals surface area contributed by atoms with E-state index in [2.05, 4.69) is 15.3 Å². The van der Waals surface area contributed by atoms with Gasteiger partial charge >= 0.3 is 0 Å². The van der Waals surface area contributed by atoms with Gasteiger partial charge in [0.2, 0.25) is 0 Å². The Morgan fingerprint density at radius 3 is 2.13 bits per heavy atom. The maximum Gasteiger partial charge on any atom is 0.163 e. The number of nitrogens with one attached hydrogen (secondary N) is 1. The van der Waals surface area contributed by atoms with Gasteiger partial charge in [-0.2, -0.15) is 0 Å². The zero-order valence-corrected chi connectivity index (χ0v) is 19.5. The van der Waals surface area contributed by atoms with Gasteiger partial charge in [0.15, 0.2) is 11.5 Å². The lowest BCUT2D eigenvalue weighted by Crippen LogP contribution is -2.09. The molecule has 0 amide bonds. The monoisotopic (exact) mass is 429 g/mol. The second-order valence-corrected chi connectivity index (χ2v) is 5.97. The fourth-order valence-corrected chi connectivity index (χ4v) is 2.48. The lowest BCUT2D eigenvalue weighted by atomic mass is 10.2.